The molecule has 22 heavy (non-hydrogen) atoms. The molecule has 1 aromatic carbocycles. The summed E-state index contributed by atoms with van der Waals surface area (Å²) in [4.78, 5) is 1.32. The summed E-state index contributed by atoms with van der Waals surface area (Å²) < 4.78 is 20.2. The van der Waals surface area contributed by atoms with E-state index in [4.69, 9.17) is 4.74 Å². The van der Waals surface area contributed by atoms with Crippen molar-refractivity contribution >= 4 is 11.8 Å². The second-order valence-corrected chi connectivity index (χ2v) is 7.56. The van der Waals surface area contributed by atoms with Crippen LogP contribution in [0.25, 0.3) is 0 Å². The van der Waals surface area contributed by atoms with E-state index in [9.17, 15) is 4.39 Å². The Morgan fingerprint density at radius 2 is 2.14 bits per heavy atom. The van der Waals surface area contributed by atoms with Gasteiger partial charge in [-0.25, -0.2) is 4.39 Å². The molecule has 1 fully saturated rings. The standard InChI is InChI=1S/C19H23FOS/c1-14-6-5-10-19(17-7-3-4-8-18(17)20)11-9-16(21-2)12-15(19)13-22-14/h3-8,10,15-16H,9,11-13H2,1-2H3. The summed E-state index contributed by atoms with van der Waals surface area (Å²) in [5.41, 5.74) is 0.643. The first-order chi connectivity index (χ1) is 10.7. The molecule has 1 heterocycles. The lowest BCUT2D eigenvalue weighted by molar-refractivity contribution is 0.0328. The summed E-state index contributed by atoms with van der Waals surface area (Å²) >= 11 is 1.88. The highest BCUT2D eigenvalue weighted by Crippen LogP contribution is 2.49. The first-order valence-corrected chi connectivity index (χ1v) is 8.91. The van der Waals surface area contributed by atoms with Crippen LogP contribution in [0, 0.1) is 11.7 Å². The minimum absolute atomic E-state index is 0.0840. The normalized spacial score (nSPS) is 31.9. The van der Waals surface area contributed by atoms with E-state index < -0.39 is 0 Å². The average molecular weight is 318 g/mol. The van der Waals surface area contributed by atoms with Gasteiger partial charge in [-0.3, -0.25) is 0 Å². The molecule has 1 aliphatic heterocycles. The van der Waals surface area contributed by atoms with Crippen molar-refractivity contribution in [2.75, 3.05) is 12.9 Å². The number of hydrogen-bond acceptors (Lipinski definition) is 2. The molecule has 118 valence electrons. The molecule has 2 aliphatic rings. The SMILES string of the molecule is COC1CCC2(c3ccccc3F)C=CC=C(C)SCC2C1. The van der Waals surface area contributed by atoms with E-state index in [-0.39, 0.29) is 11.2 Å². The van der Waals surface area contributed by atoms with Gasteiger partial charge in [0.15, 0.2) is 0 Å². The van der Waals surface area contributed by atoms with Crippen LogP contribution < -0.4 is 0 Å². The zero-order chi connectivity index (χ0) is 15.6. The lowest BCUT2D eigenvalue weighted by Gasteiger charge is -2.45. The van der Waals surface area contributed by atoms with Crippen molar-refractivity contribution in [3.05, 3.63) is 58.8 Å². The molecule has 3 heteroatoms. The summed E-state index contributed by atoms with van der Waals surface area (Å²) in [7, 11) is 1.79. The number of allylic oxidation sites excluding steroid dienone is 4. The molecule has 0 spiro atoms. The maximum atomic E-state index is 14.5. The zero-order valence-electron chi connectivity index (χ0n) is 13.2. The zero-order valence-corrected chi connectivity index (χ0v) is 14.0. The number of rotatable bonds is 2. The van der Waals surface area contributed by atoms with Crippen LogP contribution in [0.4, 0.5) is 4.39 Å². The van der Waals surface area contributed by atoms with Crippen molar-refractivity contribution in [1.29, 1.82) is 0 Å². The summed E-state index contributed by atoms with van der Waals surface area (Å²) in [5.74, 6) is 1.33. The van der Waals surface area contributed by atoms with Crippen LogP contribution in [-0.2, 0) is 10.2 Å². The van der Waals surface area contributed by atoms with Gasteiger partial charge in [0.05, 0.1) is 6.10 Å². The number of fused-ring (bicyclic) bond motifs is 1. The molecule has 0 bridgehead atoms. The van der Waals surface area contributed by atoms with Crippen LogP contribution in [0.2, 0.25) is 0 Å². The smallest absolute Gasteiger partial charge is 0.127 e. The number of thioether (sulfide) groups is 1. The van der Waals surface area contributed by atoms with Crippen LogP contribution >= 0.6 is 11.8 Å². The van der Waals surface area contributed by atoms with Gasteiger partial charge < -0.3 is 4.74 Å². The minimum atomic E-state index is -0.204. The highest BCUT2D eigenvalue weighted by Gasteiger charge is 2.44. The van der Waals surface area contributed by atoms with Crippen molar-refractivity contribution in [2.24, 2.45) is 5.92 Å². The molecular formula is C19H23FOS. The van der Waals surface area contributed by atoms with Crippen molar-refractivity contribution < 1.29 is 9.13 Å². The molecule has 0 aromatic heterocycles. The average Bonchev–Trinajstić information content (AvgIpc) is 2.52. The third-order valence-electron chi connectivity index (χ3n) is 5.10. The van der Waals surface area contributed by atoms with E-state index in [0.717, 1.165) is 30.6 Å². The lowest BCUT2D eigenvalue weighted by Crippen LogP contribution is -2.43. The third kappa shape index (κ3) is 2.89. The first-order valence-electron chi connectivity index (χ1n) is 7.92. The fraction of sp³-hybridized carbons (Fsp3) is 0.474. The Hall–Kier alpha value is -1.06. The molecule has 3 atom stereocenters. The lowest BCUT2D eigenvalue weighted by atomic mass is 9.62. The van der Waals surface area contributed by atoms with E-state index in [1.54, 1.807) is 19.2 Å². The van der Waals surface area contributed by atoms with Gasteiger partial charge in [0.2, 0.25) is 0 Å². The number of hydrogen-bond donors (Lipinski definition) is 0. The molecule has 3 unspecified atom stereocenters. The quantitative estimate of drug-likeness (QED) is 0.751. The Labute approximate surface area is 136 Å². The molecule has 1 nitrogen and oxygen atoms in total. The van der Waals surface area contributed by atoms with Crippen LogP contribution in [0.5, 0.6) is 0 Å². The predicted octanol–water partition coefficient (Wildman–Crippen LogP) is 5.09. The summed E-state index contributed by atoms with van der Waals surface area (Å²) in [5, 5.41) is 0. The first kappa shape index (κ1) is 15.8. The van der Waals surface area contributed by atoms with Gasteiger partial charge in [-0.15, -0.1) is 11.8 Å². The number of methoxy groups -OCH3 is 1. The van der Waals surface area contributed by atoms with Gasteiger partial charge in [0.25, 0.3) is 0 Å². The molecule has 1 aliphatic carbocycles. The monoisotopic (exact) mass is 318 g/mol. The van der Waals surface area contributed by atoms with Gasteiger partial charge in [0.1, 0.15) is 5.82 Å². The second-order valence-electron chi connectivity index (χ2n) is 6.30. The Balaban J connectivity index is 2.07. The highest BCUT2D eigenvalue weighted by molar-refractivity contribution is 8.03. The summed E-state index contributed by atoms with van der Waals surface area (Å²) in [6.07, 6.45) is 9.73. The summed E-state index contributed by atoms with van der Waals surface area (Å²) in [6.45, 7) is 2.14. The number of ether oxygens (including phenoxy) is 1. The van der Waals surface area contributed by atoms with Gasteiger partial charge in [-0.1, -0.05) is 36.4 Å². The van der Waals surface area contributed by atoms with Gasteiger partial charge in [0, 0.05) is 18.3 Å². The molecular weight excluding hydrogens is 295 g/mol. The number of benzene rings is 1. The van der Waals surface area contributed by atoms with Crippen LogP contribution in [0.15, 0.2) is 47.4 Å². The fourth-order valence-electron chi connectivity index (χ4n) is 3.82. The maximum absolute atomic E-state index is 14.5. The number of halogens is 1. The highest BCUT2D eigenvalue weighted by atomic mass is 32.2. The van der Waals surface area contributed by atoms with E-state index in [0.29, 0.717) is 12.0 Å². The molecule has 3 rings (SSSR count). The Morgan fingerprint density at radius 3 is 2.91 bits per heavy atom. The predicted molar refractivity (Wildman–Crippen MR) is 91.6 cm³/mol. The third-order valence-corrected chi connectivity index (χ3v) is 6.26. The van der Waals surface area contributed by atoms with Crippen LogP contribution in [-0.4, -0.2) is 19.0 Å². The Kier molecular flexibility index (Phi) is 4.74. The summed E-state index contributed by atoms with van der Waals surface area (Å²) in [6, 6.07) is 7.28. The van der Waals surface area contributed by atoms with Crippen molar-refractivity contribution in [3.63, 3.8) is 0 Å². The van der Waals surface area contributed by atoms with Gasteiger partial charge in [-0.2, -0.15) is 0 Å². The van der Waals surface area contributed by atoms with Crippen LogP contribution in [0.3, 0.4) is 0 Å². The Morgan fingerprint density at radius 1 is 1.32 bits per heavy atom. The molecule has 1 aromatic rings. The Bertz CT molecular complexity index is 595. The molecule has 0 amide bonds. The van der Waals surface area contributed by atoms with E-state index >= 15 is 0 Å². The molecule has 1 saturated carbocycles. The molecule has 0 N–H and O–H groups in total. The van der Waals surface area contributed by atoms with E-state index in [1.165, 1.54) is 4.91 Å². The largest absolute Gasteiger partial charge is 0.381 e. The molecule has 0 radical (unpaired) electrons. The van der Waals surface area contributed by atoms with Crippen LogP contribution in [0.1, 0.15) is 31.7 Å². The van der Waals surface area contributed by atoms with E-state index in [2.05, 4.69) is 25.2 Å². The van der Waals surface area contributed by atoms with E-state index in [1.807, 2.05) is 23.9 Å². The topological polar surface area (TPSA) is 9.23 Å². The fourth-order valence-corrected chi connectivity index (χ4v) is 4.89. The molecule has 0 saturated heterocycles. The second kappa shape index (κ2) is 6.59. The van der Waals surface area contributed by atoms with Crippen molar-refractivity contribution in [3.8, 4) is 0 Å². The minimum Gasteiger partial charge on any atom is -0.381 e. The maximum Gasteiger partial charge on any atom is 0.127 e. The van der Waals surface area contributed by atoms with Gasteiger partial charge in [-0.05, 0) is 48.6 Å². The van der Waals surface area contributed by atoms with Gasteiger partial charge >= 0.3 is 0 Å². The van der Waals surface area contributed by atoms with Crippen molar-refractivity contribution in [2.45, 2.75) is 37.7 Å². The van der Waals surface area contributed by atoms with Crippen molar-refractivity contribution in [1.82, 2.24) is 0 Å².